The van der Waals surface area contributed by atoms with Crippen LogP contribution in [-0.4, -0.2) is 21.7 Å². The molecule has 0 aromatic carbocycles. The van der Waals surface area contributed by atoms with Crippen LogP contribution in [0.5, 0.6) is 0 Å². The fourth-order valence-electron chi connectivity index (χ4n) is 1.57. The minimum absolute atomic E-state index is 0.0879. The molecule has 2 heterocycles. The van der Waals surface area contributed by atoms with Crippen molar-refractivity contribution >= 4 is 0 Å². The monoisotopic (exact) mass is 232 g/mol. The van der Waals surface area contributed by atoms with Gasteiger partial charge in [0.1, 0.15) is 0 Å². The molecule has 0 bridgehead atoms. The Balaban J connectivity index is 2.04. The van der Waals surface area contributed by atoms with Crippen molar-refractivity contribution in [2.45, 2.75) is 26.3 Å². The Morgan fingerprint density at radius 1 is 1.41 bits per heavy atom. The van der Waals surface area contributed by atoms with Crippen LogP contribution in [0.3, 0.4) is 0 Å². The molecule has 2 rings (SSSR count). The predicted octanol–water partition coefficient (Wildman–Crippen LogP) is 1.73. The van der Waals surface area contributed by atoms with E-state index in [2.05, 4.69) is 20.4 Å². The van der Waals surface area contributed by atoms with E-state index in [9.17, 15) is 0 Å². The van der Waals surface area contributed by atoms with Gasteiger partial charge in [-0.1, -0.05) is 18.1 Å². The Labute approximate surface area is 100 Å². The van der Waals surface area contributed by atoms with Gasteiger partial charge >= 0.3 is 0 Å². The van der Waals surface area contributed by atoms with Gasteiger partial charge in [-0.3, -0.25) is 4.98 Å². The summed E-state index contributed by atoms with van der Waals surface area (Å²) in [6.07, 6.45) is 2.36. The Kier molecular flexibility index (Phi) is 3.82. The lowest BCUT2D eigenvalue weighted by molar-refractivity contribution is 0.339. The molecular weight excluding hydrogens is 216 g/mol. The van der Waals surface area contributed by atoms with Crippen LogP contribution in [0, 0.1) is 0 Å². The third-order valence-corrected chi connectivity index (χ3v) is 2.43. The van der Waals surface area contributed by atoms with Gasteiger partial charge < -0.3 is 9.84 Å². The van der Waals surface area contributed by atoms with Gasteiger partial charge in [0.15, 0.2) is 5.82 Å². The van der Waals surface area contributed by atoms with Gasteiger partial charge in [-0.25, -0.2) is 0 Å². The summed E-state index contributed by atoms with van der Waals surface area (Å²) >= 11 is 0. The highest BCUT2D eigenvalue weighted by Crippen LogP contribution is 2.10. The molecule has 0 saturated heterocycles. The number of pyridine rings is 1. The molecule has 2 aromatic rings. The lowest BCUT2D eigenvalue weighted by atomic mass is 10.2. The summed E-state index contributed by atoms with van der Waals surface area (Å²) in [5.74, 6) is 1.29. The van der Waals surface area contributed by atoms with Crippen molar-refractivity contribution in [3.8, 4) is 0 Å². The summed E-state index contributed by atoms with van der Waals surface area (Å²) in [7, 11) is 0. The van der Waals surface area contributed by atoms with E-state index in [1.165, 1.54) is 0 Å². The number of hydrogen-bond donors (Lipinski definition) is 1. The van der Waals surface area contributed by atoms with Crippen molar-refractivity contribution in [1.82, 2.24) is 20.4 Å². The van der Waals surface area contributed by atoms with Crippen molar-refractivity contribution in [3.05, 3.63) is 41.8 Å². The number of aromatic nitrogens is 3. The zero-order chi connectivity index (χ0) is 12.1. The van der Waals surface area contributed by atoms with E-state index in [4.69, 9.17) is 4.52 Å². The molecule has 1 unspecified atom stereocenters. The van der Waals surface area contributed by atoms with Crippen molar-refractivity contribution in [1.29, 1.82) is 0 Å². The summed E-state index contributed by atoms with van der Waals surface area (Å²) in [6.45, 7) is 4.92. The second kappa shape index (κ2) is 5.54. The molecule has 0 aliphatic carbocycles. The summed E-state index contributed by atoms with van der Waals surface area (Å²) in [5.41, 5.74) is 0.941. The molecule has 0 amide bonds. The highest BCUT2D eigenvalue weighted by Gasteiger charge is 2.13. The van der Waals surface area contributed by atoms with Crippen molar-refractivity contribution < 1.29 is 4.52 Å². The highest BCUT2D eigenvalue weighted by atomic mass is 16.5. The minimum atomic E-state index is 0.0879. The van der Waals surface area contributed by atoms with Crippen LogP contribution < -0.4 is 5.32 Å². The maximum absolute atomic E-state index is 5.20. The summed E-state index contributed by atoms with van der Waals surface area (Å²) < 4.78 is 5.20. The highest BCUT2D eigenvalue weighted by molar-refractivity contribution is 5.09. The van der Waals surface area contributed by atoms with Crippen LogP contribution in [0.15, 0.2) is 28.9 Å². The maximum atomic E-state index is 5.20. The Morgan fingerprint density at radius 3 is 3.00 bits per heavy atom. The van der Waals surface area contributed by atoms with E-state index in [0.717, 1.165) is 12.2 Å². The lowest BCUT2D eigenvalue weighted by Crippen LogP contribution is -2.17. The van der Waals surface area contributed by atoms with Gasteiger partial charge in [-0.05, 0) is 25.6 Å². The Morgan fingerprint density at radius 2 is 2.29 bits per heavy atom. The Bertz CT molecular complexity index is 455. The molecule has 0 radical (unpaired) electrons. The van der Waals surface area contributed by atoms with E-state index >= 15 is 0 Å². The van der Waals surface area contributed by atoms with E-state index in [1.54, 1.807) is 6.20 Å². The fraction of sp³-hybridized carbons (Fsp3) is 0.417. The van der Waals surface area contributed by atoms with Gasteiger partial charge in [0.05, 0.1) is 12.5 Å². The van der Waals surface area contributed by atoms with E-state index < -0.39 is 0 Å². The van der Waals surface area contributed by atoms with Crippen molar-refractivity contribution in [2.75, 3.05) is 6.54 Å². The molecule has 0 spiro atoms. The van der Waals surface area contributed by atoms with Crippen molar-refractivity contribution in [2.24, 2.45) is 0 Å². The number of hydrogen-bond acceptors (Lipinski definition) is 5. The molecular formula is C12H16N4O. The van der Waals surface area contributed by atoms with Crippen LogP contribution >= 0.6 is 0 Å². The fourth-order valence-corrected chi connectivity index (χ4v) is 1.57. The molecule has 0 aliphatic heterocycles. The topological polar surface area (TPSA) is 63.8 Å². The van der Waals surface area contributed by atoms with Crippen LogP contribution in [0.1, 0.15) is 37.3 Å². The zero-order valence-corrected chi connectivity index (χ0v) is 10.1. The predicted molar refractivity (Wildman–Crippen MR) is 63.4 cm³/mol. The van der Waals surface area contributed by atoms with Crippen LogP contribution in [-0.2, 0) is 6.42 Å². The summed E-state index contributed by atoms with van der Waals surface area (Å²) in [4.78, 5) is 8.57. The van der Waals surface area contributed by atoms with Crippen LogP contribution in [0.4, 0.5) is 0 Å². The molecule has 1 atom stereocenters. The van der Waals surface area contributed by atoms with E-state index in [1.807, 2.05) is 32.0 Å². The smallest absolute Gasteiger partial charge is 0.243 e. The van der Waals surface area contributed by atoms with Crippen molar-refractivity contribution in [3.63, 3.8) is 0 Å². The third kappa shape index (κ3) is 3.10. The molecule has 1 N–H and O–H groups in total. The number of nitrogens with one attached hydrogen (secondary N) is 1. The molecule has 90 valence electrons. The van der Waals surface area contributed by atoms with Gasteiger partial charge in [-0.15, -0.1) is 0 Å². The third-order valence-electron chi connectivity index (χ3n) is 2.43. The molecule has 5 nitrogen and oxygen atoms in total. The summed E-state index contributed by atoms with van der Waals surface area (Å²) in [5, 5.41) is 7.18. The number of rotatable bonds is 5. The maximum Gasteiger partial charge on any atom is 0.243 e. The Hall–Kier alpha value is -1.75. The van der Waals surface area contributed by atoms with E-state index in [-0.39, 0.29) is 6.04 Å². The largest absolute Gasteiger partial charge is 0.338 e. The van der Waals surface area contributed by atoms with Crippen LogP contribution in [0.2, 0.25) is 0 Å². The number of nitrogens with zero attached hydrogens (tertiary/aromatic N) is 3. The van der Waals surface area contributed by atoms with Gasteiger partial charge in [-0.2, -0.15) is 4.98 Å². The first kappa shape index (κ1) is 11.7. The molecule has 17 heavy (non-hydrogen) atoms. The average Bonchev–Trinajstić information content (AvgIpc) is 2.79. The van der Waals surface area contributed by atoms with E-state index in [0.29, 0.717) is 18.1 Å². The first-order valence-electron chi connectivity index (χ1n) is 5.75. The molecule has 0 aliphatic rings. The average molecular weight is 232 g/mol. The van der Waals surface area contributed by atoms with Gasteiger partial charge in [0.2, 0.25) is 5.89 Å². The summed E-state index contributed by atoms with van der Waals surface area (Å²) in [6, 6.07) is 5.87. The minimum Gasteiger partial charge on any atom is -0.338 e. The molecule has 0 saturated carbocycles. The molecule has 5 heteroatoms. The molecule has 0 fully saturated rings. The van der Waals surface area contributed by atoms with Gasteiger partial charge in [0.25, 0.3) is 0 Å². The van der Waals surface area contributed by atoms with Gasteiger partial charge in [0, 0.05) is 11.9 Å². The normalized spacial score (nSPS) is 12.6. The second-order valence-electron chi connectivity index (χ2n) is 3.83. The standard InChI is InChI=1S/C12H16N4O/c1-3-13-9(2)12-15-11(16-17-12)8-10-6-4-5-7-14-10/h4-7,9,13H,3,8H2,1-2H3. The lowest BCUT2D eigenvalue weighted by Gasteiger charge is -2.04. The zero-order valence-electron chi connectivity index (χ0n) is 10.1. The SMILES string of the molecule is CCNC(C)c1nc(Cc2ccccn2)no1. The first-order valence-corrected chi connectivity index (χ1v) is 5.75. The quantitative estimate of drug-likeness (QED) is 0.850. The second-order valence-corrected chi connectivity index (χ2v) is 3.83. The molecule has 2 aromatic heterocycles. The first-order chi connectivity index (χ1) is 8.29. The van der Waals surface area contributed by atoms with Crippen LogP contribution in [0.25, 0.3) is 0 Å².